The van der Waals surface area contributed by atoms with E-state index in [-0.39, 0.29) is 11.8 Å². The highest BCUT2D eigenvalue weighted by Crippen LogP contribution is 2.22. The van der Waals surface area contributed by atoms with Gasteiger partial charge in [0.15, 0.2) is 4.47 Å². The van der Waals surface area contributed by atoms with E-state index in [9.17, 15) is 9.59 Å². The summed E-state index contributed by atoms with van der Waals surface area (Å²) in [7, 11) is 0. The van der Waals surface area contributed by atoms with Crippen molar-refractivity contribution in [1.82, 2.24) is 9.88 Å². The lowest BCUT2D eigenvalue weighted by Gasteiger charge is -2.10. The van der Waals surface area contributed by atoms with Gasteiger partial charge in [-0.05, 0) is 0 Å². The van der Waals surface area contributed by atoms with Gasteiger partial charge in [0.2, 0.25) is 11.8 Å². The van der Waals surface area contributed by atoms with Crippen LogP contribution in [0.2, 0.25) is 4.47 Å². The molecule has 0 aromatic carbocycles. The Morgan fingerprint density at radius 1 is 1.43 bits per heavy atom. The minimum Gasteiger partial charge on any atom is -0.277 e. The topological polar surface area (TPSA) is 50.3 Å². The molecule has 0 saturated carbocycles. The van der Waals surface area contributed by atoms with Crippen molar-refractivity contribution in [2.24, 2.45) is 0 Å². The Morgan fingerprint density at radius 2 is 2.07 bits per heavy atom. The number of amides is 2. The molecule has 0 radical (unpaired) electrons. The van der Waals surface area contributed by atoms with Gasteiger partial charge in [-0.25, -0.2) is 4.98 Å². The summed E-state index contributed by atoms with van der Waals surface area (Å²) in [4.78, 5) is 28.4. The lowest BCUT2D eigenvalue weighted by Crippen LogP contribution is -2.27. The monoisotopic (exact) mass is 230 g/mol. The van der Waals surface area contributed by atoms with Gasteiger partial charge in [0, 0.05) is 23.9 Å². The molecule has 1 aliphatic heterocycles. The number of halogens is 1. The summed E-state index contributed by atoms with van der Waals surface area (Å²) in [5.41, 5.74) is 0. The molecule has 2 heterocycles. The van der Waals surface area contributed by atoms with Gasteiger partial charge in [0.1, 0.15) is 0 Å². The predicted molar refractivity (Wildman–Crippen MR) is 51.9 cm³/mol. The van der Waals surface area contributed by atoms with Crippen molar-refractivity contribution in [2.75, 3.05) is 0 Å². The molecule has 1 saturated heterocycles. The molecule has 4 nitrogen and oxygen atoms in total. The fraction of sp³-hybridized carbons (Fsp3) is 0.375. The van der Waals surface area contributed by atoms with Crippen LogP contribution in [0, 0.1) is 0 Å². The van der Waals surface area contributed by atoms with E-state index in [0.29, 0.717) is 23.9 Å². The van der Waals surface area contributed by atoms with Crippen molar-refractivity contribution in [2.45, 2.75) is 19.4 Å². The Kier molecular flexibility index (Phi) is 2.52. The smallest absolute Gasteiger partial charge is 0.230 e. The molecule has 1 fully saturated rings. The van der Waals surface area contributed by atoms with Crippen LogP contribution >= 0.6 is 22.9 Å². The fourth-order valence-corrected chi connectivity index (χ4v) is 2.28. The van der Waals surface area contributed by atoms with Gasteiger partial charge in [0.05, 0.1) is 6.54 Å². The minimum absolute atomic E-state index is 0.112. The van der Waals surface area contributed by atoms with E-state index in [1.807, 2.05) is 0 Å². The van der Waals surface area contributed by atoms with E-state index in [1.165, 1.54) is 16.2 Å². The maximum Gasteiger partial charge on any atom is 0.230 e. The van der Waals surface area contributed by atoms with Crippen molar-refractivity contribution in [3.05, 3.63) is 15.5 Å². The third kappa shape index (κ3) is 1.78. The zero-order valence-electron chi connectivity index (χ0n) is 7.20. The molecular formula is C8H7ClN2O2S. The lowest BCUT2D eigenvalue weighted by atomic mass is 10.4. The van der Waals surface area contributed by atoms with E-state index < -0.39 is 0 Å². The maximum atomic E-state index is 11.3. The second kappa shape index (κ2) is 3.67. The van der Waals surface area contributed by atoms with Gasteiger partial charge in [-0.3, -0.25) is 14.5 Å². The Labute approximate surface area is 89.5 Å². The molecule has 0 atom stereocenters. The number of rotatable bonds is 2. The zero-order chi connectivity index (χ0) is 10.1. The minimum atomic E-state index is -0.112. The average Bonchev–Trinajstić information content (AvgIpc) is 2.67. The first-order valence-electron chi connectivity index (χ1n) is 4.10. The molecule has 0 unspecified atom stereocenters. The van der Waals surface area contributed by atoms with Crippen molar-refractivity contribution < 1.29 is 9.59 Å². The quantitative estimate of drug-likeness (QED) is 0.723. The number of imide groups is 1. The maximum absolute atomic E-state index is 11.3. The molecule has 2 amide bonds. The number of carbonyl (C=O) groups excluding carboxylic acids is 2. The van der Waals surface area contributed by atoms with Crippen LogP contribution in [0.15, 0.2) is 6.20 Å². The summed E-state index contributed by atoms with van der Waals surface area (Å²) in [6.45, 7) is 0.308. The summed E-state index contributed by atoms with van der Waals surface area (Å²) in [6.07, 6.45) is 2.24. The van der Waals surface area contributed by atoms with Crippen LogP contribution in [0.3, 0.4) is 0 Å². The number of aromatic nitrogens is 1. The predicted octanol–water partition coefficient (Wildman–Crippen LogP) is 1.45. The summed E-state index contributed by atoms with van der Waals surface area (Å²) < 4.78 is 0.430. The van der Waals surface area contributed by atoms with Gasteiger partial charge in [0.25, 0.3) is 0 Å². The summed E-state index contributed by atoms with van der Waals surface area (Å²) in [6, 6.07) is 0. The van der Waals surface area contributed by atoms with E-state index in [2.05, 4.69) is 4.98 Å². The number of thiazole rings is 1. The highest BCUT2D eigenvalue weighted by atomic mass is 35.5. The average molecular weight is 231 g/mol. The SMILES string of the molecule is O=C1CCC(=O)N1Cc1cnc(Cl)s1. The molecule has 2 rings (SSSR count). The molecule has 14 heavy (non-hydrogen) atoms. The Hall–Kier alpha value is -0.940. The molecule has 74 valence electrons. The van der Waals surface area contributed by atoms with Gasteiger partial charge in [-0.2, -0.15) is 0 Å². The van der Waals surface area contributed by atoms with Crippen molar-refractivity contribution in [3.8, 4) is 0 Å². The number of nitrogens with zero attached hydrogens (tertiary/aromatic N) is 2. The normalized spacial score (nSPS) is 16.8. The van der Waals surface area contributed by atoms with Crippen LogP contribution in [0.1, 0.15) is 17.7 Å². The lowest BCUT2D eigenvalue weighted by molar-refractivity contribution is -0.138. The van der Waals surface area contributed by atoms with E-state index >= 15 is 0 Å². The Bertz CT molecular complexity index is 374. The molecule has 1 aromatic rings. The Morgan fingerprint density at radius 3 is 2.57 bits per heavy atom. The van der Waals surface area contributed by atoms with Crippen LogP contribution in [-0.4, -0.2) is 21.7 Å². The first kappa shape index (κ1) is 9.61. The molecule has 0 spiro atoms. The second-order valence-electron chi connectivity index (χ2n) is 2.95. The highest BCUT2D eigenvalue weighted by molar-refractivity contribution is 7.15. The number of carbonyl (C=O) groups is 2. The van der Waals surface area contributed by atoms with Crippen molar-refractivity contribution in [1.29, 1.82) is 0 Å². The molecule has 1 aromatic heterocycles. The van der Waals surface area contributed by atoms with Crippen molar-refractivity contribution in [3.63, 3.8) is 0 Å². The fourth-order valence-electron chi connectivity index (χ4n) is 1.31. The Balaban J connectivity index is 2.10. The number of hydrogen-bond acceptors (Lipinski definition) is 4. The number of hydrogen-bond donors (Lipinski definition) is 0. The first-order chi connectivity index (χ1) is 6.66. The summed E-state index contributed by atoms with van der Waals surface area (Å²) >= 11 is 6.92. The third-order valence-electron chi connectivity index (χ3n) is 1.99. The zero-order valence-corrected chi connectivity index (χ0v) is 8.77. The number of likely N-dealkylation sites (tertiary alicyclic amines) is 1. The van der Waals surface area contributed by atoms with Crippen LogP contribution in [0.4, 0.5) is 0 Å². The molecule has 6 heteroatoms. The molecule has 0 bridgehead atoms. The van der Waals surface area contributed by atoms with Crippen LogP contribution in [0.5, 0.6) is 0 Å². The molecule has 0 aliphatic carbocycles. The van der Waals surface area contributed by atoms with Gasteiger partial charge < -0.3 is 0 Å². The van der Waals surface area contributed by atoms with Gasteiger partial charge in [-0.1, -0.05) is 11.6 Å². The van der Waals surface area contributed by atoms with E-state index in [0.717, 1.165) is 4.88 Å². The second-order valence-corrected chi connectivity index (χ2v) is 4.65. The molecule has 1 aliphatic rings. The molecular weight excluding hydrogens is 224 g/mol. The van der Waals surface area contributed by atoms with Crippen molar-refractivity contribution >= 4 is 34.8 Å². The highest BCUT2D eigenvalue weighted by Gasteiger charge is 2.29. The van der Waals surface area contributed by atoms with Crippen LogP contribution in [0.25, 0.3) is 0 Å². The first-order valence-corrected chi connectivity index (χ1v) is 5.29. The largest absolute Gasteiger partial charge is 0.277 e. The summed E-state index contributed by atoms with van der Waals surface area (Å²) in [5.74, 6) is -0.223. The van der Waals surface area contributed by atoms with Crippen LogP contribution in [-0.2, 0) is 16.1 Å². The molecule has 0 N–H and O–H groups in total. The standard InChI is InChI=1S/C8H7ClN2O2S/c9-8-10-3-5(14-8)4-11-6(12)1-2-7(11)13/h3H,1-2,4H2. The van der Waals surface area contributed by atoms with E-state index in [4.69, 9.17) is 11.6 Å². The van der Waals surface area contributed by atoms with Gasteiger partial charge in [-0.15, -0.1) is 11.3 Å². The third-order valence-corrected chi connectivity index (χ3v) is 3.09. The van der Waals surface area contributed by atoms with E-state index in [1.54, 1.807) is 6.20 Å². The summed E-state index contributed by atoms with van der Waals surface area (Å²) in [5, 5.41) is 0. The van der Waals surface area contributed by atoms with Crippen LogP contribution < -0.4 is 0 Å². The van der Waals surface area contributed by atoms with Gasteiger partial charge >= 0.3 is 0 Å².